The minimum absolute atomic E-state index is 0.0213. The smallest absolute Gasteiger partial charge is 0.235 e. The Morgan fingerprint density at radius 1 is 1.13 bits per heavy atom. The van der Waals surface area contributed by atoms with E-state index in [4.69, 9.17) is 14.2 Å². The van der Waals surface area contributed by atoms with Gasteiger partial charge in [0.1, 0.15) is 12.1 Å². The molecule has 0 radical (unpaired) electrons. The molecule has 6 atom stereocenters. The number of hydrogen-bond donors (Lipinski definition) is 4. The van der Waals surface area contributed by atoms with E-state index < -0.39 is 5.41 Å². The van der Waals surface area contributed by atoms with Crippen molar-refractivity contribution in [2.75, 3.05) is 56.1 Å². The van der Waals surface area contributed by atoms with Crippen molar-refractivity contribution in [3.8, 4) is 11.5 Å². The average molecular weight is 536 g/mol. The van der Waals surface area contributed by atoms with E-state index in [0.29, 0.717) is 42.0 Å². The Kier molecular flexibility index (Phi) is 6.24. The van der Waals surface area contributed by atoms with Crippen molar-refractivity contribution in [1.29, 1.82) is 0 Å². The summed E-state index contributed by atoms with van der Waals surface area (Å²) in [5.41, 5.74) is 8.68. The Morgan fingerprint density at radius 3 is 2.92 bits per heavy atom. The SMILES string of the molecule is COc1ccc2c(c1)[C@]1(C[C@H]1C1CCC3C(C1)NNC3Nc1ncnc(N3CCCOCC3)c1OC)C(=O)N2. The van der Waals surface area contributed by atoms with Gasteiger partial charge in [0.2, 0.25) is 11.7 Å². The average Bonchev–Trinajstić information content (AvgIpc) is 3.61. The molecule has 11 heteroatoms. The van der Waals surface area contributed by atoms with Crippen LogP contribution in [0.3, 0.4) is 0 Å². The molecule has 2 saturated carbocycles. The molecule has 0 bridgehead atoms. The topological polar surface area (TPSA) is 122 Å². The molecule has 4 heterocycles. The van der Waals surface area contributed by atoms with Crippen LogP contribution in [-0.4, -0.2) is 68.6 Å². The number of hydrogen-bond acceptors (Lipinski definition) is 10. The van der Waals surface area contributed by atoms with Gasteiger partial charge >= 0.3 is 0 Å². The minimum Gasteiger partial charge on any atom is -0.497 e. The highest BCUT2D eigenvalue weighted by Crippen LogP contribution is 2.65. The van der Waals surface area contributed by atoms with E-state index in [2.05, 4.69) is 42.4 Å². The fourth-order valence-electron chi connectivity index (χ4n) is 7.50. The van der Waals surface area contributed by atoms with Gasteiger partial charge in [-0.3, -0.25) is 10.2 Å². The third kappa shape index (κ3) is 4.09. The van der Waals surface area contributed by atoms with Crippen LogP contribution in [0.4, 0.5) is 17.3 Å². The lowest BCUT2D eigenvalue weighted by molar-refractivity contribution is -0.118. The molecule has 11 nitrogen and oxygen atoms in total. The largest absolute Gasteiger partial charge is 0.497 e. The highest BCUT2D eigenvalue weighted by atomic mass is 16.5. The monoisotopic (exact) mass is 535 g/mol. The summed E-state index contributed by atoms with van der Waals surface area (Å²) in [5.74, 6) is 4.38. The summed E-state index contributed by atoms with van der Waals surface area (Å²) < 4.78 is 16.9. The molecule has 2 aliphatic carbocycles. The lowest BCUT2D eigenvalue weighted by Gasteiger charge is -2.34. The van der Waals surface area contributed by atoms with E-state index in [1.807, 2.05) is 12.1 Å². The van der Waals surface area contributed by atoms with Crippen molar-refractivity contribution in [3.63, 3.8) is 0 Å². The maximum atomic E-state index is 13.1. The van der Waals surface area contributed by atoms with Gasteiger partial charge in [-0.15, -0.1) is 0 Å². The summed E-state index contributed by atoms with van der Waals surface area (Å²) in [6, 6.07) is 6.26. The second kappa shape index (κ2) is 9.79. The van der Waals surface area contributed by atoms with Crippen LogP contribution < -0.4 is 35.9 Å². The number of amides is 1. The van der Waals surface area contributed by atoms with E-state index in [-0.39, 0.29) is 12.1 Å². The predicted octanol–water partition coefficient (Wildman–Crippen LogP) is 2.26. The molecule has 4 fully saturated rings. The number of ether oxygens (including phenoxy) is 3. The number of aromatic nitrogens is 2. The minimum atomic E-state index is -0.395. The fraction of sp³-hybridized carbons (Fsp3) is 0.607. The molecule has 2 saturated heterocycles. The molecular formula is C28H37N7O4. The summed E-state index contributed by atoms with van der Waals surface area (Å²) in [6.07, 6.45) is 6.70. The zero-order valence-electron chi connectivity index (χ0n) is 22.5. The van der Waals surface area contributed by atoms with Crippen molar-refractivity contribution in [1.82, 2.24) is 20.8 Å². The van der Waals surface area contributed by atoms with Crippen LogP contribution in [0.5, 0.6) is 11.5 Å². The molecule has 7 rings (SSSR count). The van der Waals surface area contributed by atoms with Crippen LogP contribution in [0.25, 0.3) is 0 Å². The zero-order chi connectivity index (χ0) is 26.6. The summed E-state index contributed by atoms with van der Waals surface area (Å²) in [7, 11) is 3.35. The van der Waals surface area contributed by atoms with Gasteiger partial charge < -0.3 is 29.7 Å². The van der Waals surface area contributed by atoms with E-state index in [1.54, 1.807) is 20.5 Å². The van der Waals surface area contributed by atoms with Crippen LogP contribution in [0.2, 0.25) is 0 Å². The van der Waals surface area contributed by atoms with Gasteiger partial charge in [0, 0.05) is 37.3 Å². The Bertz CT molecular complexity index is 1250. The predicted molar refractivity (Wildman–Crippen MR) is 146 cm³/mol. The van der Waals surface area contributed by atoms with E-state index >= 15 is 0 Å². The van der Waals surface area contributed by atoms with Crippen LogP contribution in [-0.2, 0) is 14.9 Å². The molecule has 39 heavy (non-hydrogen) atoms. The first-order valence-electron chi connectivity index (χ1n) is 14.1. The van der Waals surface area contributed by atoms with Crippen LogP contribution in [0.1, 0.15) is 37.7 Å². The molecule has 1 aromatic heterocycles. The Morgan fingerprint density at radius 2 is 2.05 bits per heavy atom. The summed E-state index contributed by atoms with van der Waals surface area (Å²) >= 11 is 0. The van der Waals surface area contributed by atoms with Crippen molar-refractivity contribution < 1.29 is 19.0 Å². The van der Waals surface area contributed by atoms with E-state index in [1.165, 1.54) is 0 Å². The Hall–Kier alpha value is -3.15. The van der Waals surface area contributed by atoms with E-state index in [9.17, 15) is 4.79 Å². The molecule has 4 unspecified atom stereocenters. The number of benzene rings is 1. The number of carbonyl (C=O) groups excluding carboxylic acids is 1. The standard InChI is InChI=1S/C28H37N7O4/c1-37-17-5-7-21-19(13-17)28(27(36)31-21)14-20(28)16-4-6-18-22(12-16)33-34-24(18)32-25-23(38-2)26(30-15-29-25)35-8-3-10-39-11-9-35/h5,7,13,15-16,18,20,22,24,33-34H,3-4,6,8-12,14H2,1-2H3,(H,31,36)(H,29,30,32)/t16?,18?,20-,22?,24?,28-/m0/s1. The molecule has 5 aliphatic rings. The highest BCUT2D eigenvalue weighted by molar-refractivity contribution is 6.09. The third-order valence-corrected chi connectivity index (χ3v) is 9.54. The van der Waals surface area contributed by atoms with Gasteiger partial charge in [-0.1, -0.05) is 0 Å². The van der Waals surface area contributed by atoms with Gasteiger partial charge in [0.25, 0.3) is 0 Å². The molecule has 3 aliphatic heterocycles. The zero-order valence-corrected chi connectivity index (χ0v) is 22.5. The fourth-order valence-corrected chi connectivity index (χ4v) is 7.50. The lowest BCUT2D eigenvalue weighted by Crippen LogP contribution is -2.39. The molecular weight excluding hydrogens is 498 g/mol. The van der Waals surface area contributed by atoms with Gasteiger partial charge in [0.05, 0.1) is 32.4 Å². The Labute approximate surface area is 228 Å². The molecule has 4 N–H and O–H groups in total. The van der Waals surface area contributed by atoms with Gasteiger partial charge in [-0.25, -0.2) is 15.4 Å². The normalized spacial score (nSPS) is 33.2. The second-order valence-electron chi connectivity index (χ2n) is 11.4. The van der Waals surface area contributed by atoms with Crippen molar-refractivity contribution in [2.45, 2.75) is 49.7 Å². The first-order valence-corrected chi connectivity index (χ1v) is 14.1. The van der Waals surface area contributed by atoms with Crippen LogP contribution in [0, 0.1) is 17.8 Å². The third-order valence-electron chi connectivity index (χ3n) is 9.54. The van der Waals surface area contributed by atoms with Crippen molar-refractivity contribution in [2.24, 2.45) is 17.8 Å². The summed E-state index contributed by atoms with van der Waals surface area (Å²) in [6.45, 7) is 3.10. The number of nitrogens with zero attached hydrogens (tertiary/aromatic N) is 3. The number of anilines is 3. The maximum absolute atomic E-state index is 13.1. The van der Waals surface area contributed by atoms with Crippen LogP contribution >= 0.6 is 0 Å². The maximum Gasteiger partial charge on any atom is 0.235 e. The second-order valence-corrected chi connectivity index (χ2v) is 11.4. The number of rotatable bonds is 6. The molecule has 1 spiro atoms. The van der Waals surface area contributed by atoms with Crippen molar-refractivity contribution >= 4 is 23.2 Å². The molecule has 208 valence electrons. The first kappa shape index (κ1) is 24.9. The first-order chi connectivity index (χ1) is 19.1. The molecule has 1 aromatic carbocycles. The number of nitrogens with one attached hydrogen (secondary N) is 4. The highest BCUT2D eigenvalue weighted by Gasteiger charge is 2.67. The summed E-state index contributed by atoms with van der Waals surface area (Å²) in [5, 5.41) is 6.74. The van der Waals surface area contributed by atoms with Gasteiger partial charge in [-0.05, 0) is 67.7 Å². The quantitative estimate of drug-likeness (QED) is 0.438. The number of carbonyl (C=O) groups is 1. The van der Waals surface area contributed by atoms with Crippen molar-refractivity contribution in [3.05, 3.63) is 30.1 Å². The van der Waals surface area contributed by atoms with Gasteiger partial charge in [0.15, 0.2) is 11.6 Å². The number of hydrazine groups is 1. The number of methoxy groups -OCH3 is 2. The van der Waals surface area contributed by atoms with E-state index in [0.717, 1.165) is 74.6 Å². The molecule has 1 amide bonds. The van der Waals surface area contributed by atoms with Crippen LogP contribution in [0.15, 0.2) is 24.5 Å². The Balaban J connectivity index is 1.04. The van der Waals surface area contributed by atoms with Gasteiger partial charge in [-0.2, -0.15) is 0 Å². The lowest BCUT2D eigenvalue weighted by atomic mass is 9.74. The molecule has 2 aromatic rings. The number of fused-ring (bicyclic) bond motifs is 3. The summed E-state index contributed by atoms with van der Waals surface area (Å²) in [4.78, 5) is 24.5.